The van der Waals surface area contributed by atoms with Gasteiger partial charge in [0.1, 0.15) is 12.3 Å². The molecule has 0 aromatic heterocycles. The van der Waals surface area contributed by atoms with E-state index in [1.165, 1.54) is 12.0 Å². The van der Waals surface area contributed by atoms with E-state index in [0.717, 1.165) is 16.9 Å². The van der Waals surface area contributed by atoms with Crippen molar-refractivity contribution in [2.45, 2.75) is 20.3 Å². The number of rotatable bonds is 6. The Kier molecular flexibility index (Phi) is 6.03. The fourth-order valence-electron chi connectivity index (χ4n) is 1.81. The van der Waals surface area contributed by atoms with E-state index in [-0.39, 0.29) is 25.5 Å². The van der Waals surface area contributed by atoms with Gasteiger partial charge in [0.2, 0.25) is 5.91 Å². The minimum Gasteiger partial charge on any atom is -0.493 e. The Balaban J connectivity index is 2.39. The molecule has 0 unspecified atom stereocenters. The average Bonchev–Trinajstić information content (AvgIpc) is 2.37. The fourth-order valence-corrected chi connectivity index (χ4v) is 1.81. The van der Waals surface area contributed by atoms with Crippen LogP contribution in [0.5, 0.6) is 5.75 Å². The minimum absolute atomic E-state index is 0.0428. The Labute approximate surface area is 119 Å². The van der Waals surface area contributed by atoms with Gasteiger partial charge >= 0.3 is 5.97 Å². The van der Waals surface area contributed by atoms with E-state index in [1.807, 2.05) is 26.0 Å². The fraction of sp³-hybridized carbons (Fsp3) is 0.467. The van der Waals surface area contributed by atoms with Gasteiger partial charge in [-0.15, -0.1) is 0 Å². The molecule has 0 saturated heterocycles. The smallest absolute Gasteiger partial charge is 0.325 e. The van der Waals surface area contributed by atoms with Crippen molar-refractivity contribution in [1.82, 2.24) is 4.90 Å². The summed E-state index contributed by atoms with van der Waals surface area (Å²) in [7, 11) is 2.86. The number of esters is 1. The second-order valence-corrected chi connectivity index (χ2v) is 4.75. The van der Waals surface area contributed by atoms with Gasteiger partial charge in [-0.2, -0.15) is 0 Å². The lowest BCUT2D eigenvalue weighted by atomic mass is 10.1. The molecule has 0 radical (unpaired) electrons. The number of hydrogen-bond donors (Lipinski definition) is 0. The highest BCUT2D eigenvalue weighted by Crippen LogP contribution is 2.16. The van der Waals surface area contributed by atoms with Crippen molar-refractivity contribution < 1.29 is 19.1 Å². The average molecular weight is 279 g/mol. The van der Waals surface area contributed by atoms with Gasteiger partial charge < -0.3 is 14.4 Å². The van der Waals surface area contributed by atoms with Crippen LogP contribution in [0.15, 0.2) is 18.2 Å². The van der Waals surface area contributed by atoms with Crippen LogP contribution in [0.1, 0.15) is 17.5 Å². The van der Waals surface area contributed by atoms with Gasteiger partial charge in [-0.25, -0.2) is 0 Å². The third-order valence-electron chi connectivity index (χ3n) is 2.80. The summed E-state index contributed by atoms with van der Waals surface area (Å²) in [5.41, 5.74) is 2.24. The van der Waals surface area contributed by atoms with Gasteiger partial charge in [-0.05, 0) is 37.1 Å². The normalized spacial score (nSPS) is 10.0. The summed E-state index contributed by atoms with van der Waals surface area (Å²) in [5, 5.41) is 0. The van der Waals surface area contributed by atoms with Crippen LogP contribution in [-0.4, -0.2) is 44.1 Å². The topological polar surface area (TPSA) is 55.8 Å². The number of carbonyl (C=O) groups excluding carboxylic acids is 2. The number of ether oxygens (including phenoxy) is 2. The maximum Gasteiger partial charge on any atom is 0.325 e. The number of amides is 1. The van der Waals surface area contributed by atoms with Crippen LogP contribution in [0.4, 0.5) is 0 Å². The second kappa shape index (κ2) is 7.53. The molecule has 0 aliphatic heterocycles. The zero-order valence-corrected chi connectivity index (χ0v) is 12.4. The number of aryl methyl sites for hydroxylation is 2. The van der Waals surface area contributed by atoms with Crippen molar-refractivity contribution in [3.63, 3.8) is 0 Å². The lowest BCUT2D eigenvalue weighted by Crippen LogP contribution is -2.33. The van der Waals surface area contributed by atoms with Crippen molar-refractivity contribution in [2.24, 2.45) is 0 Å². The van der Waals surface area contributed by atoms with Crippen LogP contribution in [0.3, 0.4) is 0 Å². The summed E-state index contributed by atoms with van der Waals surface area (Å²) < 4.78 is 10.1. The molecule has 5 heteroatoms. The molecule has 0 N–H and O–H groups in total. The predicted octanol–water partition coefficient (Wildman–Crippen LogP) is 1.70. The molecule has 110 valence electrons. The van der Waals surface area contributed by atoms with E-state index in [1.54, 1.807) is 7.05 Å². The zero-order chi connectivity index (χ0) is 15.1. The molecule has 5 nitrogen and oxygen atoms in total. The molecule has 1 rings (SSSR count). The quantitative estimate of drug-likeness (QED) is 0.744. The monoisotopic (exact) mass is 279 g/mol. The van der Waals surface area contributed by atoms with Gasteiger partial charge in [-0.3, -0.25) is 9.59 Å². The maximum atomic E-state index is 11.8. The first-order valence-corrected chi connectivity index (χ1v) is 6.44. The highest BCUT2D eigenvalue weighted by atomic mass is 16.5. The molecule has 0 bridgehead atoms. The maximum absolute atomic E-state index is 11.8. The molecule has 0 aliphatic carbocycles. The second-order valence-electron chi connectivity index (χ2n) is 4.75. The predicted molar refractivity (Wildman–Crippen MR) is 75.7 cm³/mol. The molecule has 0 fully saturated rings. The molecule has 0 atom stereocenters. The third-order valence-corrected chi connectivity index (χ3v) is 2.80. The van der Waals surface area contributed by atoms with Crippen LogP contribution in [0.25, 0.3) is 0 Å². The molecule has 20 heavy (non-hydrogen) atoms. The van der Waals surface area contributed by atoms with Gasteiger partial charge in [0.25, 0.3) is 0 Å². The first-order valence-electron chi connectivity index (χ1n) is 6.44. The first kappa shape index (κ1) is 16.0. The number of carbonyl (C=O) groups is 2. The van der Waals surface area contributed by atoms with E-state index >= 15 is 0 Å². The number of benzene rings is 1. The van der Waals surface area contributed by atoms with Crippen LogP contribution in [0.2, 0.25) is 0 Å². The minimum atomic E-state index is -0.434. The van der Waals surface area contributed by atoms with Crippen molar-refractivity contribution in [1.29, 1.82) is 0 Å². The first-order chi connectivity index (χ1) is 9.42. The summed E-state index contributed by atoms with van der Waals surface area (Å²) in [4.78, 5) is 24.1. The van der Waals surface area contributed by atoms with E-state index in [4.69, 9.17) is 4.74 Å². The highest BCUT2D eigenvalue weighted by molar-refractivity contribution is 5.81. The molecule has 0 spiro atoms. The molecule has 1 aromatic carbocycles. The molecular formula is C15H21NO4. The van der Waals surface area contributed by atoms with Crippen LogP contribution >= 0.6 is 0 Å². The Bertz CT molecular complexity index is 465. The summed E-state index contributed by atoms with van der Waals surface area (Å²) in [5.74, 6) is 0.168. The number of nitrogens with zero attached hydrogens (tertiary/aromatic N) is 1. The van der Waals surface area contributed by atoms with Gasteiger partial charge in [0.15, 0.2) is 0 Å². The molecule has 0 heterocycles. The number of hydrogen-bond acceptors (Lipinski definition) is 4. The van der Waals surface area contributed by atoms with Crippen molar-refractivity contribution >= 4 is 11.9 Å². The lowest BCUT2D eigenvalue weighted by molar-refractivity contribution is -0.146. The summed E-state index contributed by atoms with van der Waals surface area (Å²) in [6.07, 6.45) is 0.223. The van der Waals surface area contributed by atoms with Crippen LogP contribution in [-0.2, 0) is 14.3 Å². The summed E-state index contributed by atoms with van der Waals surface area (Å²) in [6, 6.07) is 5.91. The van der Waals surface area contributed by atoms with E-state index in [2.05, 4.69) is 10.8 Å². The Morgan fingerprint density at radius 1 is 1.15 bits per heavy atom. The molecule has 0 saturated carbocycles. The zero-order valence-electron chi connectivity index (χ0n) is 12.4. The SMILES string of the molecule is COC(=O)CN(C)C(=O)CCOc1cc(C)cc(C)c1. The van der Waals surface area contributed by atoms with Gasteiger partial charge in [-0.1, -0.05) is 6.07 Å². The number of methoxy groups -OCH3 is 1. The van der Waals surface area contributed by atoms with E-state index in [0.29, 0.717) is 0 Å². The van der Waals surface area contributed by atoms with E-state index in [9.17, 15) is 9.59 Å². The third kappa shape index (κ3) is 5.30. The van der Waals surface area contributed by atoms with Crippen molar-refractivity contribution in [2.75, 3.05) is 27.3 Å². The molecule has 0 aliphatic rings. The van der Waals surface area contributed by atoms with Gasteiger partial charge in [0, 0.05) is 7.05 Å². The largest absolute Gasteiger partial charge is 0.493 e. The Morgan fingerprint density at radius 3 is 2.30 bits per heavy atom. The Hall–Kier alpha value is -2.04. The van der Waals surface area contributed by atoms with Crippen LogP contribution in [0, 0.1) is 13.8 Å². The van der Waals surface area contributed by atoms with Gasteiger partial charge in [0.05, 0.1) is 20.1 Å². The summed E-state index contributed by atoms with van der Waals surface area (Å²) in [6.45, 7) is 4.23. The highest BCUT2D eigenvalue weighted by Gasteiger charge is 2.13. The standard InChI is InChI=1S/C15H21NO4/c1-11-7-12(2)9-13(8-11)20-6-5-14(17)16(3)10-15(18)19-4/h7-9H,5-6,10H2,1-4H3. The summed E-state index contributed by atoms with van der Waals surface area (Å²) >= 11 is 0. The number of likely N-dealkylation sites (N-methyl/N-ethyl adjacent to an activating group) is 1. The Morgan fingerprint density at radius 2 is 1.75 bits per heavy atom. The van der Waals surface area contributed by atoms with E-state index < -0.39 is 5.97 Å². The van der Waals surface area contributed by atoms with Crippen molar-refractivity contribution in [3.8, 4) is 5.75 Å². The molecular weight excluding hydrogens is 258 g/mol. The van der Waals surface area contributed by atoms with Crippen LogP contribution < -0.4 is 4.74 Å². The molecule has 1 aromatic rings. The van der Waals surface area contributed by atoms with Crippen molar-refractivity contribution in [3.05, 3.63) is 29.3 Å². The molecule has 1 amide bonds. The lowest BCUT2D eigenvalue weighted by Gasteiger charge is -2.15.